The van der Waals surface area contributed by atoms with Crippen LogP contribution in [0.2, 0.25) is 0 Å². The molecule has 12 heavy (non-hydrogen) atoms. The van der Waals surface area contributed by atoms with Crippen molar-refractivity contribution in [2.75, 3.05) is 0 Å². The van der Waals surface area contributed by atoms with E-state index in [-0.39, 0.29) is 0 Å². The number of nitrogens with zero attached hydrogens (tertiary/aromatic N) is 1. The molecule has 1 aromatic rings. The van der Waals surface area contributed by atoms with Gasteiger partial charge in [-0.05, 0) is 43.5 Å². The first-order chi connectivity index (χ1) is 5.70. The second-order valence-electron chi connectivity index (χ2n) is 2.86. The normalized spacial score (nSPS) is 11.3. The topological polar surface area (TPSA) is 4.93 Å². The van der Waals surface area contributed by atoms with Crippen molar-refractivity contribution in [3.8, 4) is 0 Å². The van der Waals surface area contributed by atoms with Gasteiger partial charge in [-0.25, -0.2) is 0 Å². The minimum Gasteiger partial charge on any atom is -0.349 e. The van der Waals surface area contributed by atoms with Gasteiger partial charge in [0.1, 0.15) is 0 Å². The molecular formula is C10H14BrN. The summed E-state index contributed by atoms with van der Waals surface area (Å²) in [6, 6.07) is 2.20. The number of hydrogen-bond donors (Lipinski definition) is 0. The molecule has 0 amide bonds. The van der Waals surface area contributed by atoms with Gasteiger partial charge in [-0.2, -0.15) is 0 Å². The van der Waals surface area contributed by atoms with Crippen LogP contribution >= 0.6 is 15.9 Å². The van der Waals surface area contributed by atoms with E-state index in [2.05, 4.69) is 53.4 Å². The fraction of sp³-hybridized carbons (Fsp3) is 0.400. The molecule has 0 aliphatic heterocycles. The van der Waals surface area contributed by atoms with Gasteiger partial charge < -0.3 is 4.57 Å². The first kappa shape index (κ1) is 9.59. The van der Waals surface area contributed by atoms with Crippen molar-refractivity contribution in [2.45, 2.75) is 27.3 Å². The van der Waals surface area contributed by atoms with E-state index in [4.69, 9.17) is 0 Å². The molecule has 1 heterocycles. The Balaban J connectivity index is 3.17. The third-order valence-electron chi connectivity index (χ3n) is 2.17. The predicted octanol–water partition coefficient (Wildman–Crippen LogP) is 3.49. The highest BCUT2D eigenvalue weighted by Crippen LogP contribution is 2.16. The van der Waals surface area contributed by atoms with Gasteiger partial charge in [0, 0.05) is 17.9 Å². The molecule has 1 aromatic heterocycles. The Morgan fingerprint density at radius 1 is 1.50 bits per heavy atom. The molecule has 0 radical (unpaired) electrons. The van der Waals surface area contributed by atoms with Crippen LogP contribution in [-0.2, 0) is 6.54 Å². The molecule has 0 fully saturated rings. The molecule has 2 heteroatoms. The molecule has 0 spiro atoms. The van der Waals surface area contributed by atoms with Crippen molar-refractivity contribution >= 4 is 22.0 Å². The molecule has 0 atom stereocenters. The van der Waals surface area contributed by atoms with Gasteiger partial charge in [0.15, 0.2) is 0 Å². The molecular weight excluding hydrogens is 214 g/mol. The molecule has 0 aromatic carbocycles. The zero-order chi connectivity index (χ0) is 9.14. The van der Waals surface area contributed by atoms with E-state index in [1.54, 1.807) is 0 Å². The predicted molar refractivity (Wildman–Crippen MR) is 57.5 cm³/mol. The fourth-order valence-electron chi connectivity index (χ4n) is 1.55. The third kappa shape index (κ3) is 1.63. The van der Waals surface area contributed by atoms with Gasteiger partial charge in [0.25, 0.3) is 0 Å². The maximum absolute atomic E-state index is 3.29. The van der Waals surface area contributed by atoms with Crippen LogP contribution in [0.15, 0.2) is 11.1 Å². The van der Waals surface area contributed by atoms with Gasteiger partial charge in [-0.3, -0.25) is 0 Å². The van der Waals surface area contributed by atoms with Gasteiger partial charge >= 0.3 is 0 Å². The minimum absolute atomic E-state index is 1.05. The number of halogens is 1. The van der Waals surface area contributed by atoms with E-state index in [9.17, 15) is 0 Å². The SMILES string of the molecule is CCn1c(C)cc(/C=C/Br)c1C. The number of rotatable bonds is 2. The second-order valence-corrected chi connectivity index (χ2v) is 3.39. The summed E-state index contributed by atoms with van der Waals surface area (Å²) in [5, 5.41) is 0. The highest BCUT2D eigenvalue weighted by Gasteiger charge is 2.03. The summed E-state index contributed by atoms with van der Waals surface area (Å²) in [4.78, 5) is 1.90. The van der Waals surface area contributed by atoms with Crippen LogP contribution in [0.4, 0.5) is 0 Å². The molecule has 0 aliphatic carbocycles. The monoisotopic (exact) mass is 227 g/mol. The van der Waals surface area contributed by atoms with Crippen LogP contribution in [0.1, 0.15) is 23.9 Å². The summed E-state index contributed by atoms with van der Waals surface area (Å²) >= 11 is 3.29. The summed E-state index contributed by atoms with van der Waals surface area (Å²) in [6.45, 7) is 7.51. The van der Waals surface area contributed by atoms with Gasteiger partial charge in [-0.1, -0.05) is 15.9 Å². The highest BCUT2D eigenvalue weighted by molar-refractivity contribution is 9.11. The Morgan fingerprint density at radius 3 is 2.58 bits per heavy atom. The molecule has 0 N–H and O–H groups in total. The average Bonchev–Trinajstić information content (AvgIpc) is 2.29. The highest BCUT2D eigenvalue weighted by atomic mass is 79.9. The van der Waals surface area contributed by atoms with Crippen molar-refractivity contribution in [1.82, 2.24) is 4.57 Å². The van der Waals surface area contributed by atoms with Crippen molar-refractivity contribution < 1.29 is 0 Å². The largest absolute Gasteiger partial charge is 0.349 e. The standard InChI is InChI=1S/C10H14BrN/c1-4-12-8(2)7-10(5-6-11)9(12)3/h5-7H,4H2,1-3H3/b6-5+. The Kier molecular flexibility index (Phi) is 3.15. The van der Waals surface area contributed by atoms with E-state index in [0.717, 1.165) is 6.54 Å². The molecule has 66 valence electrons. The maximum atomic E-state index is 3.29. The summed E-state index contributed by atoms with van der Waals surface area (Å²) in [5.74, 6) is 0. The molecule has 1 nitrogen and oxygen atoms in total. The number of hydrogen-bond acceptors (Lipinski definition) is 0. The Labute approximate surface area is 82.2 Å². The van der Waals surface area contributed by atoms with Crippen LogP contribution < -0.4 is 0 Å². The third-order valence-corrected chi connectivity index (χ3v) is 2.44. The lowest BCUT2D eigenvalue weighted by molar-refractivity contribution is 0.718. The van der Waals surface area contributed by atoms with E-state index in [1.807, 2.05) is 4.99 Å². The maximum Gasteiger partial charge on any atom is 0.0219 e. The van der Waals surface area contributed by atoms with Crippen LogP contribution in [-0.4, -0.2) is 4.57 Å². The molecule has 0 bridgehead atoms. The first-order valence-electron chi connectivity index (χ1n) is 4.14. The Morgan fingerprint density at radius 2 is 2.17 bits per heavy atom. The van der Waals surface area contributed by atoms with Crippen LogP contribution in [0, 0.1) is 13.8 Å². The molecule has 1 rings (SSSR count). The van der Waals surface area contributed by atoms with E-state index < -0.39 is 0 Å². The van der Waals surface area contributed by atoms with Crippen LogP contribution in [0.25, 0.3) is 6.08 Å². The minimum atomic E-state index is 1.05. The molecule has 0 saturated heterocycles. The lowest BCUT2D eigenvalue weighted by atomic mass is 10.2. The number of aryl methyl sites for hydroxylation is 1. The van der Waals surface area contributed by atoms with Gasteiger partial charge in [-0.15, -0.1) is 0 Å². The van der Waals surface area contributed by atoms with E-state index in [1.165, 1.54) is 17.0 Å². The van der Waals surface area contributed by atoms with Crippen LogP contribution in [0.5, 0.6) is 0 Å². The second kappa shape index (κ2) is 3.94. The van der Waals surface area contributed by atoms with Gasteiger partial charge in [0.05, 0.1) is 0 Å². The van der Waals surface area contributed by atoms with Crippen LogP contribution in [0.3, 0.4) is 0 Å². The summed E-state index contributed by atoms with van der Waals surface area (Å²) < 4.78 is 2.31. The average molecular weight is 228 g/mol. The van der Waals surface area contributed by atoms with Crippen molar-refractivity contribution in [2.24, 2.45) is 0 Å². The van der Waals surface area contributed by atoms with E-state index in [0.29, 0.717) is 0 Å². The molecule has 0 saturated carbocycles. The Hall–Kier alpha value is -0.500. The molecule has 0 unspecified atom stereocenters. The zero-order valence-corrected chi connectivity index (χ0v) is 9.35. The Bertz CT molecular complexity index is 297. The van der Waals surface area contributed by atoms with E-state index >= 15 is 0 Å². The smallest absolute Gasteiger partial charge is 0.0219 e. The van der Waals surface area contributed by atoms with Crippen molar-refractivity contribution in [1.29, 1.82) is 0 Å². The quantitative estimate of drug-likeness (QED) is 0.730. The van der Waals surface area contributed by atoms with Crippen molar-refractivity contribution in [3.05, 3.63) is 28.0 Å². The number of aromatic nitrogens is 1. The molecule has 0 aliphatic rings. The first-order valence-corrected chi connectivity index (χ1v) is 5.05. The fourth-order valence-corrected chi connectivity index (χ4v) is 1.84. The summed E-state index contributed by atoms with van der Waals surface area (Å²) in [7, 11) is 0. The zero-order valence-electron chi connectivity index (χ0n) is 7.76. The summed E-state index contributed by atoms with van der Waals surface area (Å²) in [5.41, 5.74) is 3.97. The van der Waals surface area contributed by atoms with Gasteiger partial charge in [0.2, 0.25) is 0 Å². The lowest BCUT2D eigenvalue weighted by Gasteiger charge is -2.04. The lowest BCUT2D eigenvalue weighted by Crippen LogP contribution is -1.98. The summed E-state index contributed by atoms with van der Waals surface area (Å²) in [6.07, 6.45) is 2.08. The van der Waals surface area contributed by atoms with Crippen molar-refractivity contribution in [3.63, 3.8) is 0 Å².